The maximum atomic E-state index is 11.4. The lowest BCUT2D eigenvalue weighted by atomic mass is 10.0. The molecule has 1 aromatic carbocycles. The van der Waals surface area contributed by atoms with Crippen LogP contribution in [0.25, 0.3) is 0 Å². The van der Waals surface area contributed by atoms with Crippen molar-refractivity contribution in [3.8, 4) is 23.7 Å². The molecule has 122 valence electrons. The van der Waals surface area contributed by atoms with Gasteiger partial charge in [0.1, 0.15) is 0 Å². The van der Waals surface area contributed by atoms with Gasteiger partial charge in [0.15, 0.2) is 6.10 Å². The summed E-state index contributed by atoms with van der Waals surface area (Å²) in [6, 6.07) is 7.77. The van der Waals surface area contributed by atoms with Gasteiger partial charge >= 0.3 is 5.97 Å². The number of benzene rings is 1. The molecule has 0 bridgehead atoms. The van der Waals surface area contributed by atoms with E-state index in [0.717, 1.165) is 49.7 Å². The quantitative estimate of drug-likeness (QED) is 0.418. The molecule has 0 radical (unpaired) electrons. The summed E-state index contributed by atoms with van der Waals surface area (Å²) >= 11 is 0. The Labute approximate surface area is 140 Å². The van der Waals surface area contributed by atoms with E-state index in [0.29, 0.717) is 0 Å². The molecule has 2 nitrogen and oxygen atoms in total. The molecule has 0 aliphatic heterocycles. The van der Waals surface area contributed by atoms with Gasteiger partial charge in [0.05, 0.1) is 0 Å². The highest BCUT2D eigenvalue weighted by molar-refractivity contribution is 5.67. The minimum atomic E-state index is -0.541. The maximum Gasteiger partial charge on any atom is 0.304 e. The minimum absolute atomic E-state index is 0.325. The summed E-state index contributed by atoms with van der Waals surface area (Å²) in [6.45, 7) is 5.70. The van der Waals surface area contributed by atoms with E-state index in [4.69, 9.17) is 4.74 Å². The Morgan fingerprint density at radius 3 is 2.39 bits per heavy atom. The smallest absolute Gasteiger partial charge is 0.304 e. The van der Waals surface area contributed by atoms with Crippen LogP contribution in [0.2, 0.25) is 0 Å². The van der Waals surface area contributed by atoms with Gasteiger partial charge in [-0.05, 0) is 18.9 Å². The highest BCUT2D eigenvalue weighted by atomic mass is 16.5. The lowest BCUT2D eigenvalue weighted by Gasteiger charge is -2.13. The third kappa shape index (κ3) is 7.57. The zero-order chi connectivity index (χ0) is 16.9. The number of carbonyl (C=O) groups is 1. The lowest BCUT2D eigenvalue weighted by molar-refractivity contribution is -0.144. The average molecular weight is 310 g/mol. The summed E-state index contributed by atoms with van der Waals surface area (Å²) in [7, 11) is 0. The molecule has 0 aromatic heterocycles. The summed E-state index contributed by atoms with van der Waals surface area (Å²) in [4.78, 5) is 11.4. The first kappa shape index (κ1) is 18.9. The number of carbonyl (C=O) groups excluding carboxylic acids is 1. The molecule has 0 aliphatic rings. The first-order valence-electron chi connectivity index (χ1n) is 8.42. The molecule has 0 spiro atoms. The molecule has 0 aliphatic carbocycles. The maximum absolute atomic E-state index is 11.4. The summed E-state index contributed by atoms with van der Waals surface area (Å²) < 4.78 is 5.40. The number of rotatable bonds is 6. The Bertz CT molecular complexity index is 608. The molecule has 0 N–H and O–H groups in total. The molecule has 0 heterocycles. The number of hydrogen-bond donors (Lipinski definition) is 0. The lowest BCUT2D eigenvalue weighted by Crippen LogP contribution is -2.08. The van der Waals surface area contributed by atoms with Crippen molar-refractivity contribution < 1.29 is 9.53 Å². The molecule has 0 amide bonds. The van der Waals surface area contributed by atoms with Gasteiger partial charge in [-0.15, -0.1) is 0 Å². The van der Waals surface area contributed by atoms with Crippen LogP contribution in [-0.2, 0) is 9.53 Å². The van der Waals surface area contributed by atoms with Crippen molar-refractivity contribution >= 4 is 5.97 Å². The fraction of sp³-hybridized carbons (Fsp3) is 0.476. The summed E-state index contributed by atoms with van der Waals surface area (Å²) in [5, 5.41) is 0. The van der Waals surface area contributed by atoms with Crippen molar-refractivity contribution in [2.75, 3.05) is 0 Å². The van der Waals surface area contributed by atoms with E-state index < -0.39 is 6.10 Å². The standard InChI is InChI=1S/C21H26O2/c1-4-6-8-10-14-19-15-12-13-16-20(19)21(23-18(3)22)17-11-9-7-5-2/h12-13,15-16,21H,4-9H2,1-3H3. The molecule has 0 saturated heterocycles. The molecule has 23 heavy (non-hydrogen) atoms. The molecule has 2 heteroatoms. The van der Waals surface area contributed by atoms with E-state index in [1.807, 2.05) is 24.3 Å². The van der Waals surface area contributed by atoms with Crippen LogP contribution in [-0.4, -0.2) is 5.97 Å². The Morgan fingerprint density at radius 1 is 1.09 bits per heavy atom. The van der Waals surface area contributed by atoms with E-state index >= 15 is 0 Å². The zero-order valence-electron chi connectivity index (χ0n) is 14.4. The Kier molecular flexibility index (Phi) is 9.34. The monoisotopic (exact) mass is 310 g/mol. The predicted octanol–water partition coefficient (Wildman–Crippen LogP) is 5.03. The third-order valence-corrected chi connectivity index (χ3v) is 3.29. The second kappa shape index (κ2) is 11.4. The normalized spacial score (nSPS) is 10.7. The number of hydrogen-bond acceptors (Lipinski definition) is 2. The van der Waals surface area contributed by atoms with Crippen LogP contribution in [0.4, 0.5) is 0 Å². The number of unbranched alkanes of at least 4 members (excludes halogenated alkanes) is 4. The van der Waals surface area contributed by atoms with Gasteiger partial charge < -0.3 is 4.74 Å². The second-order valence-electron chi connectivity index (χ2n) is 5.41. The van der Waals surface area contributed by atoms with E-state index in [1.54, 1.807) is 0 Å². The molecule has 1 unspecified atom stereocenters. The summed E-state index contributed by atoms with van der Waals surface area (Å²) in [6.07, 6.45) is 5.55. The highest BCUT2D eigenvalue weighted by Gasteiger charge is 2.14. The van der Waals surface area contributed by atoms with Crippen molar-refractivity contribution in [3.63, 3.8) is 0 Å². The van der Waals surface area contributed by atoms with Crippen LogP contribution in [0, 0.1) is 23.7 Å². The van der Waals surface area contributed by atoms with Gasteiger partial charge in [0.2, 0.25) is 0 Å². The number of ether oxygens (including phenoxy) is 1. The Hall–Kier alpha value is -2.19. The van der Waals surface area contributed by atoms with Crippen molar-refractivity contribution in [3.05, 3.63) is 35.4 Å². The molecule has 0 saturated carbocycles. The van der Waals surface area contributed by atoms with Gasteiger partial charge in [-0.25, -0.2) is 0 Å². The van der Waals surface area contributed by atoms with Crippen LogP contribution in [0.1, 0.15) is 76.5 Å². The first-order chi connectivity index (χ1) is 11.2. The van der Waals surface area contributed by atoms with Crippen LogP contribution >= 0.6 is 0 Å². The first-order valence-corrected chi connectivity index (χ1v) is 8.42. The second-order valence-corrected chi connectivity index (χ2v) is 5.41. The number of esters is 1. The van der Waals surface area contributed by atoms with Crippen LogP contribution in [0.3, 0.4) is 0 Å². The van der Waals surface area contributed by atoms with Gasteiger partial charge in [0, 0.05) is 30.9 Å². The van der Waals surface area contributed by atoms with Crippen molar-refractivity contribution in [2.45, 2.75) is 65.4 Å². The zero-order valence-corrected chi connectivity index (χ0v) is 14.4. The van der Waals surface area contributed by atoms with Gasteiger partial charge in [-0.3, -0.25) is 4.79 Å². The predicted molar refractivity (Wildman–Crippen MR) is 94.7 cm³/mol. The van der Waals surface area contributed by atoms with Crippen LogP contribution in [0.15, 0.2) is 24.3 Å². The molecule has 1 atom stereocenters. The molecular weight excluding hydrogens is 284 g/mol. The third-order valence-electron chi connectivity index (χ3n) is 3.29. The van der Waals surface area contributed by atoms with Crippen molar-refractivity contribution in [1.82, 2.24) is 0 Å². The Balaban J connectivity index is 3.01. The molecular formula is C21H26O2. The fourth-order valence-electron chi connectivity index (χ4n) is 2.03. The average Bonchev–Trinajstić information content (AvgIpc) is 2.54. The van der Waals surface area contributed by atoms with Crippen molar-refractivity contribution in [1.29, 1.82) is 0 Å². The van der Waals surface area contributed by atoms with Crippen molar-refractivity contribution in [2.24, 2.45) is 0 Å². The topological polar surface area (TPSA) is 26.3 Å². The van der Waals surface area contributed by atoms with Gasteiger partial charge in [-0.1, -0.05) is 68.6 Å². The van der Waals surface area contributed by atoms with E-state index in [-0.39, 0.29) is 5.97 Å². The largest absolute Gasteiger partial charge is 0.444 e. The van der Waals surface area contributed by atoms with Gasteiger partial charge in [0.25, 0.3) is 0 Å². The summed E-state index contributed by atoms with van der Waals surface area (Å²) in [5.74, 6) is 12.3. The molecule has 1 aromatic rings. The van der Waals surface area contributed by atoms with E-state index in [1.165, 1.54) is 6.92 Å². The summed E-state index contributed by atoms with van der Waals surface area (Å²) in [5.41, 5.74) is 1.76. The SMILES string of the molecule is CCCCC#Cc1ccccc1C(C#CCCCC)OC(C)=O. The van der Waals surface area contributed by atoms with E-state index in [9.17, 15) is 4.79 Å². The van der Waals surface area contributed by atoms with Crippen LogP contribution < -0.4 is 0 Å². The van der Waals surface area contributed by atoms with E-state index in [2.05, 4.69) is 37.5 Å². The highest BCUT2D eigenvalue weighted by Crippen LogP contribution is 2.21. The van der Waals surface area contributed by atoms with Gasteiger partial charge in [-0.2, -0.15) is 0 Å². The molecule has 1 rings (SSSR count). The molecule has 0 fully saturated rings. The minimum Gasteiger partial charge on any atom is -0.444 e. The Morgan fingerprint density at radius 2 is 1.74 bits per heavy atom. The van der Waals surface area contributed by atoms with Crippen LogP contribution in [0.5, 0.6) is 0 Å². The fourth-order valence-corrected chi connectivity index (χ4v) is 2.03.